The second kappa shape index (κ2) is 6.85. The average Bonchev–Trinajstić information content (AvgIpc) is 2.44. The number of nitrogen functional groups attached to an aromatic ring is 1. The first-order valence-electron chi connectivity index (χ1n) is 7.01. The van der Waals surface area contributed by atoms with E-state index in [0.29, 0.717) is 0 Å². The van der Waals surface area contributed by atoms with E-state index in [2.05, 4.69) is 37.4 Å². The zero-order chi connectivity index (χ0) is 14.4. The second-order valence-electron chi connectivity index (χ2n) is 4.95. The van der Waals surface area contributed by atoms with E-state index in [-0.39, 0.29) is 0 Å². The molecule has 20 heavy (non-hydrogen) atoms. The van der Waals surface area contributed by atoms with Crippen LogP contribution in [0.4, 0.5) is 11.4 Å². The molecule has 0 atom stereocenters. The quantitative estimate of drug-likeness (QED) is 0.781. The molecule has 3 heteroatoms. The molecule has 0 amide bonds. The third-order valence-electron chi connectivity index (χ3n) is 3.03. The van der Waals surface area contributed by atoms with E-state index in [0.717, 1.165) is 42.3 Å². The summed E-state index contributed by atoms with van der Waals surface area (Å²) in [5.41, 5.74) is 9.98. The molecule has 0 radical (unpaired) electrons. The maximum absolute atomic E-state index is 5.79. The van der Waals surface area contributed by atoms with Crippen molar-refractivity contribution in [1.29, 1.82) is 0 Å². The first kappa shape index (κ1) is 14.3. The van der Waals surface area contributed by atoms with Gasteiger partial charge in [-0.3, -0.25) is 0 Å². The van der Waals surface area contributed by atoms with Gasteiger partial charge < -0.3 is 15.8 Å². The first-order chi connectivity index (χ1) is 9.69. The monoisotopic (exact) mass is 270 g/mol. The fourth-order valence-corrected chi connectivity index (χ4v) is 2.02. The van der Waals surface area contributed by atoms with Crippen LogP contribution >= 0.6 is 0 Å². The molecule has 0 saturated heterocycles. The Bertz CT molecular complexity index is 567. The molecule has 2 aromatic carbocycles. The molecule has 0 aliphatic heterocycles. The predicted molar refractivity (Wildman–Crippen MR) is 85.1 cm³/mol. The van der Waals surface area contributed by atoms with Gasteiger partial charge in [-0.15, -0.1) is 0 Å². The zero-order valence-corrected chi connectivity index (χ0v) is 12.1. The molecule has 0 spiro atoms. The number of nitrogens with two attached hydrogens (primary N) is 1. The first-order valence-corrected chi connectivity index (χ1v) is 7.01. The average molecular weight is 270 g/mol. The van der Waals surface area contributed by atoms with Gasteiger partial charge in [0.2, 0.25) is 0 Å². The molecule has 0 bridgehead atoms. The lowest BCUT2D eigenvalue weighted by atomic mass is 10.1. The maximum atomic E-state index is 5.79. The molecule has 0 aliphatic rings. The van der Waals surface area contributed by atoms with Gasteiger partial charge in [0.15, 0.2) is 0 Å². The highest BCUT2D eigenvalue weighted by atomic mass is 16.5. The number of aryl methyl sites for hydroxylation is 1. The van der Waals surface area contributed by atoms with Gasteiger partial charge in [0.05, 0.1) is 12.3 Å². The summed E-state index contributed by atoms with van der Waals surface area (Å²) in [5.74, 6) is 0.904. The Morgan fingerprint density at radius 3 is 2.75 bits per heavy atom. The normalized spacial score (nSPS) is 10.3. The Morgan fingerprint density at radius 2 is 2.00 bits per heavy atom. The number of benzene rings is 2. The number of anilines is 2. The molecule has 2 aromatic rings. The summed E-state index contributed by atoms with van der Waals surface area (Å²) in [6, 6.07) is 14.1. The minimum Gasteiger partial charge on any atom is -0.491 e. The molecular weight excluding hydrogens is 248 g/mol. The van der Waals surface area contributed by atoms with Crippen LogP contribution < -0.4 is 15.8 Å². The van der Waals surface area contributed by atoms with Gasteiger partial charge in [0.1, 0.15) is 5.75 Å². The molecule has 2 rings (SSSR count). The van der Waals surface area contributed by atoms with Crippen LogP contribution in [0.5, 0.6) is 5.75 Å². The lowest BCUT2D eigenvalue weighted by Gasteiger charge is -2.14. The van der Waals surface area contributed by atoms with E-state index in [1.54, 1.807) is 0 Å². The van der Waals surface area contributed by atoms with Crippen molar-refractivity contribution >= 4 is 11.4 Å². The van der Waals surface area contributed by atoms with Crippen molar-refractivity contribution in [2.45, 2.75) is 26.8 Å². The highest BCUT2D eigenvalue weighted by Gasteiger charge is 2.04. The number of hydrogen-bond donors (Lipinski definition) is 2. The van der Waals surface area contributed by atoms with Crippen LogP contribution in [0, 0.1) is 6.92 Å². The van der Waals surface area contributed by atoms with Crippen molar-refractivity contribution in [3.05, 3.63) is 53.6 Å². The minimum atomic E-state index is 0.732. The van der Waals surface area contributed by atoms with Crippen LogP contribution in [0.2, 0.25) is 0 Å². The van der Waals surface area contributed by atoms with Gasteiger partial charge in [-0.25, -0.2) is 0 Å². The standard InChI is InChI=1S/C17H22N2O/c1-3-9-20-17-8-7-13(2)10-16(17)19-12-14-5-4-6-15(18)11-14/h4-8,10-11,19H,3,9,12,18H2,1-2H3. The summed E-state index contributed by atoms with van der Waals surface area (Å²) in [7, 11) is 0. The van der Waals surface area contributed by atoms with Crippen LogP contribution in [0.15, 0.2) is 42.5 Å². The summed E-state index contributed by atoms with van der Waals surface area (Å²) in [4.78, 5) is 0. The molecule has 106 valence electrons. The highest BCUT2D eigenvalue weighted by molar-refractivity contribution is 5.58. The molecular formula is C17H22N2O. The summed E-state index contributed by atoms with van der Waals surface area (Å²) in [6.07, 6.45) is 1.00. The Kier molecular flexibility index (Phi) is 4.88. The molecule has 0 unspecified atom stereocenters. The molecule has 0 fully saturated rings. The van der Waals surface area contributed by atoms with Crippen LogP contribution in [-0.2, 0) is 6.54 Å². The fourth-order valence-electron chi connectivity index (χ4n) is 2.02. The summed E-state index contributed by atoms with van der Waals surface area (Å²) < 4.78 is 5.77. The van der Waals surface area contributed by atoms with Crippen molar-refractivity contribution < 1.29 is 4.74 Å². The molecule has 0 saturated carbocycles. The lowest BCUT2D eigenvalue weighted by molar-refractivity contribution is 0.319. The van der Waals surface area contributed by atoms with Crippen molar-refractivity contribution in [2.24, 2.45) is 0 Å². The van der Waals surface area contributed by atoms with Gasteiger partial charge in [-0.1, -0.05) is 25.1 Å². The zero-order valence-electron chi connectivity index (χ0n) is 12.1. The van der Waals surface area contributed by atoms with E-state index in [1.165, 1.54) is 5.56 Å². The van der Waals surface area contributed by atoms with E-state index in [4.69, 9.17) is 10.5 Å². The van der Waals surface area contributed by atoms with Crippen molar-refractivity contribution in [3.8, 4) is 5.75 Å². The minimum absolute atomic E-state index is 0.732. The van der Waals surface area contributed by atoms with Gasteiger partial charge in [-0.05, 0) is 48.7 Å². The van der Waals surface area contributed by atoms with Crippen LogP contribution in [-0.4, -0.2) is 6.61 Å². The maximum Gasteiger partial charge on any atom is 0.142 e. The molecule has 0 heterocycles. The molecule has 3 nitrogen and oxygen atoms in total. The van der Waals surface area contributed by atoms with E-state index < -0.39 is 0 Å². The van der Waals surface area contributed by atoms with E-state index in [9.17, 15) is 0 Å². The van der Waals surface area contributed by atoms with Gasteiger partial charge in [-0.2, -0.15) is 0 Å². The smallest absolute Gasteiger partial charge is 0.142 e. The van der Waals surface area contributed by atoms with Crippen molar-refractivity contribution in [2.75, 3.05) is 17.7 Å². The molecule has 3 N–H and O–H groups in total. The predicted octanol–water partition coefficient (Wildman–Crippen LogP) is 3.98. The van der Waals surface area contributed by atoms with E-state index in [1.807, 2.05) is 24.3 Å². The Hall–Kier alpha value is -2.16. The summed E-state index contributed by atoms with van der Waals surface area (Å²) >= 11 is 0. The third kappa shape index (κ3) is 3.92. The largest absolute Gasteiger partial charge is 0.491 e. The van der Waals surface area contributed by atoms with Crippen LogP contribution in [0.1, 0.15) is 24.5 Å². The van der Waals surface area contributed by atoms with Gasteiger partial charge in [0, 0.05) is 12.2 Å². The van der Waals surface area contributed by atoms with E-state index >= 15 is 0 Å². The number of ether oxygens (including phenoxy) is 1. The third-order valence-corrected chi connectivity index (χ3v) is 3.03. The molecule has 0 aromatic heterocycles. The Balaban J connectivity index is 2.09. The number of hydrogen-bond acceptors (Lipinski definition) is 3. The summed E-state index contributed by atoms with van der Waals surface area (Å²) in [6.45, 7) is 5.65. The fraction of sp³-hybridized carbons (Fsp3) is 0.294. The SMILES string of the molecule is CCCOc1ccc(C)cc1NCc1cccc(N)c1. The molecule has 0 aliphatic carbocycles. The Morgan fingerprint density at radius 1 is 1.15 bits per heavy atom. The van der Waals surface area contributed by atoms with Crippen LogP contribution in [0.25, 0.3) is 0 Å². The van der Waals surface area contributed by atoms with Crippen molar-refractivity contribution in [3.63, 3.8) is 0 Å². The number of rotatable bonds is 6. The van der Waals surface area contributed by atoms with Gasteiger partial charge in [0.25, 0.3) is 0 Å². The van der Waals surface area contributed by atoms with Gasteiger partial charge >= 0.3 is 0 Å². The highest BCUT2D eigenvalue weighted by Crippen LogP contribution is 2.26. The number of nitrogens with one attached hydrogen (secondary N) is 1. The second-order valence-corrected chi connectivity index (χ2v) is 4.95. The van der Waals surface area contributed by atoms with Crippen molar-refractivity contribution in [1.82, 2.24) is 0 Å². The lowest BCUT2D eigenvalue weighted by Crippen LogP contribution is -2.04. The Labute approximate surface area is 120 Å². The van der Waals surface area contributed by atoms with Crippen LogP contribution in [0.3, 0.4) is 0 Å². The summed E-state index contributed by atoms with van der Waals surface area (Å²) in [5, 5.41) is 3.43. The topological polar surface area (TPSA) is 47.3 Å².